The maximum absolute atomic E-state index is 5.52. The topological polar surface area (TPSA) is 12.4 Å². The second-order valence-electron chi connectivity index (χ2n) is 10.2. The molecular formula is C26H43N. The molecule has 0 saturated heterocycles. The molecule has 0 radical (unpaired) electrons. The van der Waals surface area contributed by atoms with E-state index in [-0.39, 0.29) is 0 Å². The average molecular weight is 370 g/mol. The number of aliphatic imine (C=N–C) groups is 1. The normalized spacial score (nSPS) is 30.7. The van der Waals surface area contributed by atoms with Crippen molar-refractivity contribution in [3.63, 3.8) is 0 Å². The Bertz CT molecular complexity index is 456. The third kappa shape index (κ3) is 5.48. The van der Waals surface area contributed by atoms with Crippen LogP contribution in [0.25, 0.3) is 0 Å². The van der Waals surface area contributed by atoms with Crippen molar-refractivity contribution in [2.24, 2.45) is 22.7 Å². The Morgan fingerprint density at radius 2 is 1.04 bits per heavy atom. The summed E-state index contributed by atoms with van der Waals surface area (Å²) in [5.41, 5.74) is 3.48. The molecule has 4 rings (SSSR count). The minimum Gasteiger partial charge on any atom is -0.286 e. The summed E-state index contributed by atoms with van der Waals surface area (Å²) >= 11 is 0. The van der Waals surface area contributed by atoms with Gasteiger partial charge in [0.25, 0.3) is 0 Å². The van der Waals surface area contributed by atoms with Crippen LogP contribution in [0.2, 0.25) is 0 Å². The molecule has 3 aliphatic carbocycles. The first-order chi connectivity index (χ1) is 13.4. The first-order valence-electron chi connectivity index (χ1n) is 12.7. The average Bonchev–Trinajstić information content (AvgIpc) is 3.23. The number of rotatable bonds is 3. The molecule has 0 aromatic heterocycles. The van der Waals surface area contributed by atoms with Crippen LogP contribution in [0.1, 0.15) is 122 Å². The predicted molar refractivity (Wildman–Crippen MR) is 117 cm³/mol. The van der Waals surface area contributed by atoms with Gasteiger partial charge in [0.1, 0.15) is 0 Å². The van der Waals surface area contributed by atoms with Crippen molar-refractivity contribution in [2.75, 3.05) is 0 Å². The molecule has 0 aromatic rings. The van der Waals surface area contributed by atoms with Crippen LogP contribution < -0.4 is 0 Å². The lowest BCUT2D eigenvalue weighted by atomic mass is 9.78. The molecule has 1 heterocycles. The summed E-state index contributed by atoms with van der Waals surface area (Å²) in [5, 5.41) is 0. The largest absolute Gasteiger partial charge is 0.286 e. The first-order valence-corrected chi connectivity index (χ1v) is 12.7. The number of dihydropyridines is 1. The van der Waals surface area contributed by atoms with Crippen molar-refractivity contribution >= 4 is 5.71 Å². The fraction of sp³-hybridized carbons (Fsp3) is 0.885. The van der Waals surface area contributed by atoms with E-state index >= 15 is 0 Å². The van der Waals surface area contributed by atoms with E-state index in [9.17, 15) is 0 Å². The van der Waals surface area contributed by atoms with E-state index in [1.165, 1.54) is 122 Å². The highest BCUT2D eigenvalue weighted by Gasteiger charge is 2.30. The lowest BCUT2D eigenvalue weighted by molar-refractivity contribution is 0.405. The van der Waals surface area contributed by atoms with Crippen LogP contribution in [0, 0.1) is 17.8 Å². The van der Waals surface area contributed by atoms with Gasteiger partial charge in [0, 0.05) is 12.1 Å². The lowest BCUT2D eigenvalue weighted by Gasteiger charge is -2.32. The van der Waals surface area contributed by atoms with E-state index in [4.69, 9.17) is 4.99 Å². The van der Waals surface area contributed by atoms with Crippen LogP contribution in [0.5, 0.6) is 0 Å². The van der Waals surface area contributed by atoms with E-state index < -0.39 is 0 Å². The molecule has 0 bridgehead atoms. The molecule has 3 saturated carbocycles. The summed E-state index contributed by atoms with van der Waals surface area (Å²) in [6, 6.07) is 0.536. The van der Waals surface area contributed by atoms with Crippen LogP contribution in [0.4, 0.5) is 0 Å². The van der Waals surface area contributed by atoms with Crippen LogP contribution in [0.15, 0.2) is 16.6 Å². The second kappa shape index (κ2) is 10.3. The highest BCUT2D eigenvalue weighted by Crippen LogP contribution is 2.39. The van der Waals surface area contributed by atoms with Gasteiger partial charge < -0.3 is 0 Å². The highest BCUT2D eigenvalue weighted by molar-refractivity contribution is 5.90. The van der Waals surface area contributed by atoms with Gasteiger partial charge in [-0.3, -0.25) is 4.99 Å². The zero-order valence-electron chi connectivity index (χ0n) is 17.8. The number of hydrogen-bond acceptors (Lipinski definition) is 1. The Labute approximate surface area is 168 Å². The molecule has 0 N–H and O–H groups in total. The van der Waals surface area contributed by atoms with E-state index in [2.05, 4.69) is 6.08 Å². The maximum atomic E-state index is 5.52. The fourth-order valence-electron chi connectivity index (χ4n) is 6.45. The van der Waals surface area contributed by atoms with Crippen LogP contribution in [-0.4, -0.2) is 11.8 Å². The van der Waals surface area contributed by atoms with Crippen molar-refractivity contribution < 1.29 is 0 Å². The van der Waals surface area contributed by atoms with Crippen molar-refractivity contribution in [1.29, 1.82) is 0 Å². The predicted octanol–water partition coefficient (Wildman–Crippen LogP) is 8.04. The minimum absolute atomic E-state index is 0.536. The molecule has 1 nitrogen and oxygen atoms in total. The Kier molecular flexibility index (Phi) is 7.49. The van der Waals surface area contributed by atoms with E-state index in [0.29, 0.717) is 6.04 Å². The molecule has 0 aromatic carbocycles. The standard InChI is InChI=1S/C26H43N/c1-2-8-14-21(13-7-1)24-19-25(22-15-9-3-4-10-16-22)27-26(20-24)23-17-11-5-6-12-18-23/h19,21-23,25H,1-18,20H2. The zero-order chi connectivity index (χ0) is 18.3. The van der Waals surface area contributed by atoms with Gasteiger partial charge in [0.05, 0.1) is 6.04 Å². The van der Waals surface area contributed by atoms with E-state index in [1.54, 1.807) is 5.71 Å². The Balaban J connectivity index is 1.54. The molecule has 1 unspecified atom stereocenters. The summed E-state index contributed by atoms with van der Waals surface area (Å²) < 4.78 is 0. The summed E-state index contributed by atoms with van der Waals surface area (Å²) in [6.45, 7) is 0. The van der Waals surface area contributed by atoms with Gasteiger partial charge in [0.15, 0.2) is 0 Å². The molecule has 27 heavy (non-hydrogen) atoms. The van der Waals surface area contributed by atoms with Gasteiger partial charge in [0.2, 0.25) is 0 Å². The summed E-state index contributed by atoms with van der Waals surface area (Å²) in [4.78, 5) is 5.52. The Morgan fingerprint density at radius 1 is 0.556 bits per heavy atom. The van der Waals surface area contributed by atoms with Gasteiger partial charge in [-0.25, -0.2) is 0 Å². The van der Waals surface area contributed by atoms with Gasteiger partial charge in [-0.1, -0.05) is 88.7 Å². The Morgan fingerprint density at radius 3 is 1.59 bits per heavy atom. The molecular weight excluding hydrogens is 326 g/mol. The van der Waals surface area contributed by atoms with Gasteiger partial charge in [-0.2, -0.15) is 0 Å². The van der Waals surface area contributed by atoms with Gasteiger partial charge in [-0.05, 0) is 56.3 Å². The smallest absolute Gasteiger partial charge is 0.0710 e. The highest BCUT2D eigenvalue weighted by atomic mass is 14.8. The third-order valence-electron chi connectivity index (χ3n) is 8.17. The minimum atomic E-state index is 0.536. The van der Waals surface area contributed by atoms with Crippen LogP contribution in [-0.2, 0) is 0 Å². The summed E-state index contributed by atoms with van der Waals surface area (Å²) in [5.74, 6) is 2.54. The van der Waals surface area contributed by atoms with E-state index in [1.807, 2.05) is 5.57 Å². The molecule has 1 heteroatoms. The summed E-state index contributed by atoms with van der Waals surface area (Å²) in [6.07, 6.45) is 30.1. The quantitative estimate of drug-likeness (QED) is 0.352. The monoisotopic (exact) mass is 369 g/mol. The van der Waals surface area contributed by atoms with Gasteiger partial charge >= 0.3 is 0 Å². The third-order valence-corrected chi connectivity index (χ3v) is 8.17. The molecule has 1 atom stereocenters. The number of hydrogen-bond donors (Lipinski definition) is 0. The molecule has 4 aliphatic rings. The van der Waals surface area contributed by atoms with Gasteiger partial charge in [-0.15, -0.1) is 0 Å². The van der Waals surface area contributed by atoms with Crippen molar-refractivity contribution in [3.05, 3.63) is 11.6 Å². The lowest BCUT2D eigenvalue weighted by Crippen LogP contribution is -2.28. The van der Waals surface area contributed by atoms with Crippen LogP contribution in [0.3, 0.4) is 0 Å². The van der Waals surface area contributed by atoms with Crippen molar-refractivity contribution in [1.82, 2.24) is 0 Å². The second-order valence-corrected chi connectivity index (χ2v) is 10.2. The molecule has 152 valence electrons. The number of nitrogens with zero attached hydrogens (tertiary/aromatic N) is 1. The summed E-state index contributed by atoms with van der Waals surface area (Å²) in [7, 11) is 0. The maximum Gasteiger partial charge on any atom is 0.0710 e. The van der Waals surface area contributed by atoms with Crippen LogP contribution >= 0.6 is 0 Å². The fourth-order valence-corrected chi connectivity index (χ4v) is 6.45. The van der Waals surface area contributed by atoms with E-state index in [0.717, 1.165) is 17.8 Å². The molecule has 3 fully saturated rings. The SMILES string of the molecule is C1=C(C2CCCCCC2)CC(C2CCCCCC2)=NC1C1CCCCCC1. The molecule has 0 amide bonds. The molecule has 0 spiro atoms. The van der Waals surface area contributed by atoms with Crippen molar-refractivity contribution in [2.45, 2.75) is 128 Å². The van der Waals surface area contributed by atoms with Crippen molar-refractivity contribution in [3.8, 4) is 0 Å². The number of allylic oxidation sites excluding steroid dienone is 1. The first kappa shape index (κ1) is 19.7. The molecule has 1 aliphatic heterocycles. The zero-order valence-corrected chi connectivity index (χ0v) is 17.8. The Hall–Kier alpha value is -0.590.